The summed E-state index contributed by atoms with van der Waals surface area (Å²) in [5.74, 6) is 0.614. The van der Waals surface area contributed by atoms with Gasteiger partial charge in [0.25, 0.3) is 0 Å². The molecule has 1 heterocycles. The van der Waals surface area contributed by atoms with Crippen LogP contribution in [0, 0.1) is 6.92 Å². The minimum Gasteiger partial charge on any atom is -0.383 e. The Kier molecular flexibility index (Phi) is 3.54. The Morgan fingerprint density at radius 2 is 2.24 bits per heavy atom. The molecule has 0 atom stereocenters. The second kappa shape index (κ2) is 4.94. The van der Waals surface area contributed by atoms with E-state index in [9.17, 15) is 0 Å². The van der Waals surface area contributed by atoms with Crippen LogP contribution in [-0.2, 0) is 6.54 Å². The van der Waals surface area contributed by atoms with Crippen LogP contribution in [0.15, 0.2) is 24.3 Å². The monoisotopic (exact) mass is 267 g/mol. The molecule has 0 aliphatic heterocycles. The van der Waals surface area contributed by atoms with E-state index in [1.165, 1.54) is 17.1 Å². The van der Waals surface area contributed by atoms with Crippen LogP contribution in [0.3, 0.4) is 0 Å². The molecule has 5 heteroatoms. The van der Waals surface area contributed by atoms with Gasteiger partial charge in [0.2, 0.25) is 0 Å². The number of rotatable bonds is 3. The van der Waals surface area contributed by atoms with Gasteiger partial charge in [-0.1, -0.05) is 23.7 Å². The standard InChI is InChI=1S/C12H14ClN3S/c1-8-11(14)15-17-12(8)16(2)7-9-4-3-5-10(13)6-9/h3-6H,7H2,1-2H3,(H2,14,15). The molecule has 0 aliphatic rings. The molecule has 17 heavy (non-hydrogen) atoms. The van der Waals surface area contributed by atoms with Gasteiger partial charge in [-0.25, -0.2) is 0 Å². The number of hydrogen-bond donors (Lipinski definition) is 1. The summed E-state index contributed by atoms with van der Waals surface area (Å²) < 4.78 is 4.15. The van der Waals surface area contributed by atoms with Crippen molar-refractivity contribution in [2.75, 3.05) is 17.7 Å². The molecular weight excluding hydrogens is 254 g/mol. The molecule has 2 N–H and O–H groups in total. The quantitative estimate of drug-likeness (QED) is 0.928. The van der Waals surface area contributed by atoms with Crippen molar-refractivity contribution in [3.63, 3.8) is 0 Å². The highest BCUT2D eigenvalue weighted by atomic mass is 35.5. The highest BCUT2D eigenvalue weighted by molar-refractivity contribution is 7.10. The van der Waals surface area contributed by atoms with Gasteiger partial charge in [0.1, 0.15) is 10.8 Å². The van der Waals surface area contributed by atoms with Crippen molar-refractivity contribution in [2.24, 2.45) is 0 Å². The summed E-state index contributed by atoms with van der Waals surface area (Å²) in [6.45, 7) is 2.78. The lowest BCUT2D eigenvalue weighted by Gasteiger charge is -2.17. The van der Waals surface area contributed by atoms with Gasteiger partial charge in [-0.05, 0) is 36.2 Å². The van der Waals surface area contributed by atoms with Crippen LogP contribution < -0.4 is 10.6 Å². The van der Waals surface area contributed by atoms with Crippen LogP contribution in [-0.4, -0.2) is 11.4 Å². The normalized spacial score (nSPS) is 10.5. The highest BCUT2D eigenvalue weighted by Gasteiger charge is 2.11. The van der Waals surface area contributed by atoms with Gasteiger partial charge in [-0.2, -0.15) is 4.37 Å². The molecule has 2 rings (SSSR count). The van der Waals surface area contributed by atoms with Crippen LogP contribution in [0.4, 0.5) is 10.8 Å². The lowest BCUT2D eigenvalue weighted by molar-refractivity contribution is 0.930. The Morgan fingerprint density at radius 1 is 1.47 bits per heavy atom. The topological polar surface area (TPSA) is 42.1 Å². The number of hydrogen-bond acceptors (Lipinski definition) is 4. The lowest BCUT2D eigenvalue weighted by Crippen LogP contribution is -2.16. The maximum Gasteiger partial charge on any atom is 0.142 e. The molecule has 0 radical (unpaired) electrons. The molecule has 0 saturated carbocycles. The van der Waals surface area contributed by atoms with Gasteiger partial charge >= 0.3 is 0 Å². The van der Waals surface area contributed by atoms with Crippen molar-refractivity contribution >= 4 is 34.0 Å². The summed E-state index contributed by atoms with van der Waals surface area (Å²) >= 11 is 7.39. The van der Waals surface area contributed by atoms with E-state index >= 15 is 0 Å². The van der Waals surface area contributed by atoms with Crippen molar-refractivity contribution in [3.8, 4) is 0 Å². The summed E-state index contributed by atoms with van der Waals surface area (Å²) in [6.07, 6.45) is 0. The third-order valence-corrected chi connectivity index (χ3v) is 3.90. The van der Waals surface area contributed by atoms with E-state index in [2.05, 4.69) is 15.3 Å². The van der Waals surface area contributed by atoms with Gasteiger partial charge < -0.3 is 10.6 Å². The largest absolute Gasteiger partial charge is 0.383 e. The number of nitrogens with two attached hydrogens (primary N) is 1. The molecule has 90 valence electrons. The smallest absolute Gasteiger partial charge is 0.142 e. The number of halogens is 1. The van der Waals surface area contributed by atoms with E-state index in [4.69, 9.17) is 17.3 Å². The fourth-order valence-corrected chi connectivity index (χ4v) is 2.66. The van der Waals surface area contributed by atoms with Crippen molar-refractivity contribution in [1.29, 1.82) is 0 Å². The lowest BCUT2D eigenvalue weighted by atomic mass is 10.2. The predicted octanol–water partition coefficient (Wildman–Crippen LogP) is 3.32. The Balaban J connectivity index is 2.17. The fraction of sp³-hybridized carbons (Fsp3) is 0.250. The summed E-state index contributed by atoms with van der Waals surface area (Å²) in [4.78, 5) is 2.13. The first-order valence-electron chi connectivity index (χ1n) is 5.25. The Hall–Kier alpha value is -1.26. The van der Waals surface area contributed by atoms with Gasteiger partial charge in [-0.3, -0.25) is 0 Å². The number of aromatic nitrogens is 1. The fourth-order valence-electron chi connectivity index (χ4n) is 1.68. The molecule has 1 aromatic carbocycles. The van der Waals surface area contributed by atoms with Crippen molar-refractivity contribution in [2.45, 2.75) is 13.5 Å². The van der Waals surface area contributed by atoms with E-state index in [0.717, 1.165) is 22.1 Å². The molecular formula is C12H14ClN3S. The minimum atomic E-state index is 0.614. The van der Waals surface area contributed by atoms with E-state index < -0.39 is 0 Å². The molecule has 0 unspecified atom stereocenters. The Labute approximate surface area is 110 Å². The molecule has 0 bridgehead atoms. The highest BCUT2D eigenvalue weighted by Crippen LogP contribution is 2.29. The van der Waals surface area contributed by atoms with Crippen LogP contribution in [0.1, 0.15) is 11.1 Å². The third-order valence-electron chi connectivity index (χ3n) is 2.59. The van der Waals surface area contributed by atoms with Crippen LogP contribution in [0.2, 0.25) is 5.02 Å². The van der Waals surface area contributed by atoms with Crippen LogP contribution >= 0.6 is 23.1 Å². The second-order valence-electron chi connectivity index (χ2n) is 3.98. The first kappa shape index (κ1) is 12.2. The molecule has 3 nitrogen and oxygen atoms in total. The summed E-state index contributed by atoms with van der Waals surface area (Å²) in [7, 11) is 2.03. The Morgan fingerprint density at radius 3 is 2.82 bits per heavy atom. The van der Waals surface area contributed by atoms with Gasteiger partial charge in [0.15, 0.2) is 0 Å². The summed E-state index contributed by atoms with van der Waals surface area (Å²) in [6, 6.07) is 7.86. The molecule has 0 aliphatic carbocycles. The van der Waals surface area contributed by atoms with Crippen LogP contribution in [0.25, 0.3) is 0 Å². The number of benzene rings is 1. The average molecular weight is 268 g/mol. The van der Waals surface area contributed by atoms with E-state index in [0.29, 0.717) is 5.82 Å². The van der Waals surface area contributed by atoms with Crippen molar-refractivity contribution < 1.29 is 0 Å². The van der Waals surface area contributed by atoms with Crippen LogP contribution in [0.5, 0.6) is 0 Å². The predicted molar refractivity (Wildman–Crippen MR) is 74.8 cm³/mol. The molecule has 0 saturated heterocycles. The zero-order chi connectivity index (χ0) is 12.4. The molecule has 0 fully saturated rings. The van der Waals surface area contributed by atoms with Gasteiger partial charge in [0, 0.05) is 24.2 Å². The molecule has 1 aromatic heterocycles. The maximum absolute atomic E-state index is 5.96. The molecule has 2 aromatic rings. The SMILES string of the molecule is Cc1c(N)nsc1N(C)Cc1cccc(Cl)c1. The number of anilines is 2. The zero-order valence-corrected chi connectivity index (χ0v) is 11.3. The van der Waals surface area contributed by atoms with E-state index in [-0.39, 0.29) is 0 Å². The van der Waals surface area contributed by atoms with Gasteiger partial charge in [0.05, 0.1) is 0 Å². The second-order valence-corrected chi connectivity index (χ2v) is 5.17. The first-order valence-corrected chi connectivity index (χ1v) is 6.40. The molecule has 0 spiro atoms. The number of nitrogen functional groups attached to an aromatic ring is 1. The third kappa shape index (κ3) is 2.70. The summed E-state index contributed by atoms with van der Waals surface area (Å²) in [5.41, 5.74) is 7.96. The molecule has 0 amide bonds. The van der Waals surface area contributed by atoms with E-state index in [1.54, 1.807) is 0 Å². The maximum atomic E-state index is 5.96. The van der Waals surface area contributed by atoms with Crippen molar-refractivity contribution in [1.82, 2.24) is 4.37 Å². The number of nitrogens with zero attached hydrogens (tertiary/aromatic N) is 2. The summed E-state index contributed by atoms with van der Waals surface area (Å²) in [5, 5.41) is 1.86. The van der Waals surface area contributed by atoms with Crippen molar-refractivity contribution in [3.05, 3.63) is 40.4 Å². The first-order chi connectivity index (χ1) is 8.08. The minimum absolute atomic E-state index is 0.614. The van der Waals surface area contributed by atoms with E-state index in [1.807, 2.05) is 32.2 Å². The zero-order valence-electron chi connectivity index (χ0n) is 9.77. The average Bonchev–Trinajstić information content (AvgIpc) is 2.60. The Bertz CT molecular complexity index is 524. The van der Waals surface area contributed by atoms with Gasteiger partial charge in [-0.15, -0.1) is 0 Å².